The second-order valence-corrected chi connectivity index (χ2v) is 14.9. The number of esters is 11. The Morgan fingerprint density at radius 1 is 0.269 bits per heavy atom. The quantitative estimate of drug-likeness (QED) is 0.114. The summed E-state index contributed by atoms with van der Waals surface area (Å²) in [7, 11) is 0. The number of hydrogen-bond donors (Lipinski definition) is 0. The molecular weight excluding hydrogens is 912 g/mol. The van der Waals surface area contributed by atoms with E-state index in [1.165, 1.54) is 0 Å². The molecule has 0 bridgehead atoms. The van der Waals surface area contributed by atoms with E-state index < -0.39 is 178 Å². The second-order valence-electron chi connectivity index (χ2n) is 14.9. The third kappa shape index (κ3) is 17.0. The number of hydrogen-bond acceptors (Lipinski definition) is 27. The monoisotopic (exact) mass is 966 g/mol. The van der Waals surface area contributed by atoms with Crippen LogP contribution < -0.4 is 0 Å². The van der Waals surface area contributed by atoms with Crippen LogP contribution in [0.2, 0.25) is 0 Å². The van der Waals surface area contributed by atoms with Crippen molar-refractivity contribution in [3.8, 4) is 0 Å². The first-order chi connectivity index (χ1) is 31.3. The molecule has 0 radical (unpaired) electrons. The standard InChI is InChI=1S/C40H54O27/c1-15(41)52-12-26-29(55-18(4)44)32(56-19(5)45)36(60-23(9)49)39(64-26)67-31-28(14-54-17(3)43)65-40(37(61-24(10)50)34(31)58-21(7)47)66-30-27(13-53-16(2)42)63-38(62-25(11)51)35(59-22(8)48)33(30)57-20(6)46/h26-40H,12-14H2,1-11H3/t26-,27-,28-,29-,30+,31+,32+,33+,34+,35-,36-,37+,38+,39+,40-/m0/s1. The summed E-state index contributed by atoms with van der Waals surface area (Å²) >= 11 is 0. The molecule has 0 aliphatic carbocycles. The van der Waals surface area contributed by atoms with E-state index in [0.29, 0.717) is 0 Å². The first kappa shape index (κ1) is 55.3. The Bertz CT molecular complexity index is 1850. The van der Waals surface area contributed by atoms with Crippen molar-refractivity contribution in [2.75, 3.05) is 19.8 Å². The molecule has 3 aliphatic rings. The van der Waals surface area contributed by atoms with Gasteiger partial charge in [-0.1, -0.05) is 0 Å². The number of rotatable bonds is 18. The molecular formula is C40H54O27. The molecule has 3 heterocycles. The van der Waals surface area contributed by atoms with Gasteiger partial charge in [-0.3, -0.25) is 52.7 Å². The predicted octanol–water partition coefficient (Wildman–Crippen LogP) is -1.29. The molecule has 0 aromatic heterocycles. The third-order valence-corrected chi connectivity index (χ3v) is 9.11. The summed E-state index contributed by atoms with van der Waals surface area (Å²) in [6.07, 6.45) is -27.3. The van der Waals surface area contributed by atoms with Gasteiger partial charge in [0.1, 0.15) is 50.3 Å². The van der Waals surface area contributed by atoms with Crippen LogP contribution in [0.1, 0.15) is 76.2 Å². The lowest BCUT2D eigenvalue weighted by atomic mass is 9.95. The summed E-state index contributed by atoms with van der Waals surface area (Å²) in [5, 5.41) is 0. The molecule has 3 aliphatic heterocycles. The minimum atomic E-state index is -2.06. The van der Waals surface area contributed by atoms with Gasteiger partial charge in [0.25, 0.3) is 0 Å². The van der Waals surface area contributed by atoms with Crippen LogP contribution in [-0.2, 0) is 129 Å². The van der Waals surface area contributed by atoms with Gasteiger partial charge >= 0.3 is 65.7 Å². The van der Waals surface area contributed by atoms with E-state index in [4.69, 9.17) is 75.8 Å². The van der Waals surface area contributed by atoms with E-state index in [1.807, 2.05) is 0 Å². The highest BCUT2D eigenvalue weighted by molar-refractivity contribution is 5.70. The van der Waals surface area contributed by atoms with Crippen LogP contribution in [0.4, 0.5) is 0 Å². The lowest BCUT2D eigenvalue weighted by molar-refractivity contribution is -0.378. The molecule has 0 aromatic rings. The topological polar surface area (TPSA) is 335 Å². The molecule has 3 fully saturated rings. The van der Waals surface area contributed by atoms with Crippen molar-refractivity contribution < 1.29 is 129 Å². The Hall–Kier alpha value is -6.03. The maximum absolute atomic E-state index is 13.0. The minimum Gasteiger partial charge on any atom is -0.463 e. The third-order valence-electron chi connectivity index (χ3n) is 9.11. The van der Waals surface area contributed by atoms with E-state index in [9.17, 15) is 52.7 Å². The lowest BCUT2D eigenvalue weighted by Gasteiger charge is -2.50. The zero-order chi connectivity index (χ0) is 50.4. The van der Waals surface area contributed by atoms with Crippen LogP contribution in [0, 0.1) is 0 Å². The second kappa shape index (κ2) is 25.2. The van der Waals surface area contributed by atoms with E-state index >= 15 is 0 Å². The van der Waals surface area contributed by atoms with Crippen molar-refractivity contribution in [1.29, 1.82) is 0 Å². The van der Waals surface area contributed by atoms with Crippen LogP contribution in [0.3, 0.4) is 0 Å². The fourth-order valence-corrected chi connectivity index (χ4v) is 7.01. The van der Waals surface area contributed by atoms with Gasteiger partial charge in [0.05, 0.1) is 0 Å². The Morgan fingerprint density at radius 3 is 0.776 bits per heavy atom. The average molecular weight is 967 g/mol. The zero-order valence-corrected chi connectivity index (χ0v) is 38.3. The molecule has 27 heteroatoms. The van der Waals surface area contributed by atoms with Gasteiger partial charge in [0, 0.05) is 76.2 Å². The van der Waals surface area contributed by atoms with Gasteiger partial charge in [-0.15, -0.1) is 0 Å². The lowest BCUT2D eigenvalue weighted by Crippen LogP contribution is -2.69. The number of carbonyl (C=O) groups excluding carboxylic acids is 11. The Balaban J connectivity index is 2.31. The Kier molecular flexibility index (Phi) is 20.8. The molecule has 27 nitrogen and oxygen atoms in total. The van der Waals surface area contributed by atoms with Crippen LogP contribution in [0.25, 0.3) is 0 Å². The maximum atomic E-state index is 13.0. The van der Waals surface area contributed by atoms with Gasteiger partial charge in [-0.05, 0) is 0 Å². The molecule has 3 rings (SSSR count). The highest BCUT2D eigenvalue weighted by Crippen LogP contribution is 2.38. The molecule has 0 amide bonds. The van der Waals surface area contributed by atoms with Crippen LogP contribution in [0.15, 0.2) is 0 Å². The van der Waals surface area contributed by atoms with Gasteiger partial charge in [0.2, 0.25) is 12.4 Å². The van der Waals surface area contributed by atoms with Crippen LogP contribution >= 0.6 is 0 Å². The highest BCUT2D eigenvalue weighted by atomic mass is 16.8. The average Bonchev–Trinajstić information content (AvgIpc) is 3.17. The Labute approximate surface area is 382 Å². The smallest absolute Gasteiger partial charge is 0.305 e. The normalized spacial score (nSPS) is 31.2. The van der Waals surface area contributed by atoms with Gasteiger partial charge in [-0.25, -0.2) is 0 Å². The molecule has 0 aromatic carbocycles. The van der Waals surface area contributed by atoms with Crippen molar-refractivity contribution in [3.63, 3.8) is 0 Å². The van der Waals surface area contributed by atoms with Gasteiger partial charge in [0.15, 0.2) is 49.2 Å². The summed E-state index contributed by atoms with van der Waals surface area (Å²) in [5.41, 5.74) is 0. The summed E-state index contributed by atoms with van der Waals surface area (Å²) in [6, 6.07) is 0. The predicted molar refractivity (Wildman–Crippen MR) is 206 cm³/mol. The largest absolute Gasteiger partial charge is 0.463 e. The number of carbonyl (C=O) groups is 11. The SMILES string of the molecule is CC(=O)OC[C@@H]1O[C@H](O[C@H]2[C@@H](OC(C)=O)[C@@H](OC(C)=O)[C@H](O[C@H]3[C@@H](OC(C)=O)[C@H](OC(C)=O)[C@H](OC(C)=O)O[C@H]3COC(C)=O)O[C@H]2COC(C)=O)[C@@H](OC(C)=O)[C@H](OC(C)=O)[C@H]1OC(C)=O. The van der Waals surface area contributed by atoms with E-state index in [2.05, 4.69) is 0 Å². The van der Waals surface area contributed by atoms with Gasteiger partial charge in [-0.2, -0.15) is 0 Å². The Morgan fingerprint density at radius 2 is 0.493 bits per heavy atom. The molecule has 3 saturated heterocycles. The van der Waals surface area contributed by atoms with Crippen molar-refractivity contribution >= 4 is 65.7 Å². The molecule has 0 unspecified atom stereocenters. The van der Waals surface area contributed by atoms with Crippen molar-refractivity contribution in [2.45, 2.75) is 168 Å². The molecule has 0 saturated carbocycles. The van der Waals surface area contributed by atoms with Gasteiger partial charge < -0.3 is 75.8 Å². The molecule has 15 atom stereocenters. The fourth-order valence-electron chi connectivity index (χ4n) is 7.01. The fraction of sp³-hybridized carbons (Fsp3) is 0.725. The van der Waals surface area contributed by atoms with Crippen molar-refractivity contribution in [1.82, 2.24) is 0 Å². The van der Waals surface area contributed by atoms with Crippen LogP contribution in [-0.4, -0.2) is 178 Å². The summed E-state index contributed by atoms with van der Waals surface area (Å²) in [5.74, 6) is -10.7. The van der Waals surface area contributed by atoms with Crippen molar-refractivity contribution in [3.05, 3.63) is 0 Å². The molecule has 376 valence electrons. The van der Waals surface area contributed by atoms with E-state index in [1.54, 1.807) is 0 Å². The molecule has 0 spiro atoms. The maximum Gasteiger partial charge on any atom is 0.305 e. The first-order valence-corrected chi connectivity index (χ1v) is 20.3. The zero-order valence-electron chi connectivity index (χ0n) is 38.3. The summed E-state index contributed by atoms with van der Waals surface area (Å²) < 4.78 is 90.4. The molecule has 0 N–H and O–H groups in total. The molecule has 67 heavy (non-hydrogen) atoms. The van der Waals surface area contributed by atoms with Crippen LogP contribution in [0.5, 0.6) is 0 Å². The summed E-state index contributed by atoms with van der Waals surface area (Å²) in [6.45, 7) is 8.53. The minimum absolute atomic E-state index is 0.691. The summed E-state index contributed by atoms with van der Waals surface area (Å²) in [4.78, 5) is 137. The van der Waals surface area contributed by atoms with E-state index in [0.717, 1.165) is 76.2 Å². The highest BCUT2D eigenvalue weighted by Gasteiger charge is 2.60. The van der Waals surface area contributed by atoms with Crippen molar-refractivity contribution in [2.24, 2.45) is 0 Å². The van der Waals surface area contributed by atoms with E-state index in [-0.39, 0.29) is 0 Å². The number of ether oxygens (including phenoxy) is 16. The first-order valence-electron chi connectivity index (χ1n) is 20.3.